The third-order valence-electron chi connectivity index (χ3n) is 5.43. The molecule has 0 nitrogen and oxygen atoms in total. The first-order valence-corrected chi connectivity index (χ1v) is 7.29. The maximum atomic E-state index is 2.43. The highest BCUT2D eigenvalue weighted by atomic mass is 14.4. The third kappa shape index (κ3) is 2.40. The predicted octanol–water partition coefficient (Wildman–Crippen LogP) is 5.17. The van der Waals surface area contributed by atoms with Crippen molar-refractivity contribution >= 4 is 0 Å². The average molecular weight is 208 g/mol. The monoisotopic (exact) mass is 208 g/mol. The van der Waals surface area contributed by atoms with Crippen LogP contribution in [0.15, 0.2) is 0 Å². The van der Waals surface area contributed by atoms with E-state index in [1.54, 1.807) is 32.1 Å². The summed E-state index contributed by atoms with van der Waals surface area (Å²) in [5, 5.41) is 0. The summed E-state index contributed by atoms with van der Waals surface area (Å²) < 4.78 is 0. The van der Waals surface area contributed by atoms with Gasteiger partial charge >= 0.3 is 0 Å². The fourth-order valence-electron chi connectivity index (χ4n) is 4.06. The summed E-state index contributed by atoms with van der Waals surface area (Å²) in [5.74, 6) is 2.27. The Morgan fingerprint density at radius 1 is 0.933 bits per heavy atom. The molecule has 0 radical (unpaired) electrons. The van der Waals surface area contributed by atoms with Crippen LogP contribution in [0.3, 0.4) is 0 Å². The summed E-state index contributed by atoms with van der Waals surface area (Å²) in [6.45, 7) is 4.79. The summed E-state index contributed by atoms with van der Waals surface area (Å²) in [5.41, 5.74) is 0.745. The van der Waals surface area contributed by atoms with E-state index in [4.69, 9.17) is 0 Å². The molecule has 0 spiro atoms. The van der Waals surface area contributed by atoms with E-state index in [2.05, 4.69) is 13.8 Å². The average Bonchev–Trinajstić information content (AvgIpc) is 2.21. The first-order valence-electron chi connectivity index (χ1n) is 7.29. The van der Waals surface area contributed by atoms with Gasteiger partial charge in [0.25, 0.3) is 0 Å². The van der Waals surface area contributed by atoms with Crippen LogP contribution in [0.2, 0.25) is 0 Å². The Kier molecular flexibility index (Phi) is 3.74. The molecular formula is C15H28. The van der Waals surface area contributed by atoms with Crippen LogP contribution in [0.25, 0.3) is 0 Å². The number of hydrogen-bond donors (Lipinski definition) is 0. The molecule has 88 valence electrons. The molecule has 2 rings (SSSR count). The molecule has 0 saturated heterocycles. The van der Waals surface area contributed by atoms with Gasteiger partial charge in [0.2, 0.25) is 0 Å². The normalized spacial score (nSPS) is 41.2. The molecule has 2 fully saturated rings. The van der Waals surface area contributed by atoms with E-state index in [0.29, 0.717) is 0 Å². The van der Waals surface area contributed by atoms with Crippen LogP contribution in [0.1, 0.15) is 78.1 Å². The zero-order valence-electron chi connectivity index (χ0n) is 10.7. The van der Waals surface area contributed by atoms with Crippen LogP contribution in [-0.4, -0.2) is 0 Å². The molecule has 0 N–H and O–H groups in total. The molecule has 2 aliphatic carbocycles. The van der Waals surface area contributed by atoms with Gasteiger partial charge in [0.15, 0.2) is 0 Å². The Morgan fingerprint density at radius 3 is 2.27 bits per heavy atom. The van der Waals surface area contributed by atoms with E-state index in [1.165, 1.54) is 32.1 Å². The van der Waals surface area contributed by atoms with E-state index >= 15 is 0 Å². The minimum atomic E-state index is 0.745. The molecular weight excluding hydrogens is 180 g/mol. The van der Waals surface area contributed by atoms with Crippen molar-refractivity contribution in [2.24, 2.45) is 17.3 Å². The van der Waals surface area contributed by atoms with Crippen LogP contribution in [0, 0.1) is 17.3 Å². The van der Waals surface area contributed by atoms with E-state index in [0.717, 1.165) is 17.3 Å². The lowest BCUT2D eigenvalue weighted by Crippen LogP contribution is -2.32. The van der Waals surface area contributed by atoms with Gasteiger partial charge in [-0.05, 0) is 55.8 Å². The first-order chi connectivity index (χ1) is 7.29. The standard InChI is InChI=1S/C15H28/c1-3-10-15(4-2)11-5-6-13-7-8-14(13)9-12-15/h13-14H,3-12H2,1-2H3. The van der Waals surface area contributed by atoms with E-state index < -0.39 is 0 Å². The van der Waals surface area contributed by atoms with Crippen LogP contribution in [0.5, 0.6) is 0 Å². The van der Waals surface area contributed by atoms with Crippen molar-refractivity contribution in [3.63, 3.8) is 0 Å². The molecule has 0 heterocycles. The molecule has 3 atom stereocenters. The number of fused-ring (bicyclic) bond motifs is 1. The van der Waals surface area contributed by atoms with Crippen LogP contribution in [0.4, 0.5) is 0 Å². The largest absolute Gasteiger partial charge is 0.0654 e. The molecule has 3 unspecified atom stereocenters. The lowest BCUT2D eigenvalue weighted by Gasteiger charge is -2.44. The highest BCUT2D eigenvalue weighted by Gasteiger charge is 2.36. The zero-order chi connectivity index (χ0) is 10.7. The zero-order valence-corrected chi connectivity index (χ0v) is 10.7. The second-order valence-electron chi connectivity index (χ2n) is 6.13. The molecule has 0 aromatic carbocycles. The summed E-state index contributed by atoms with van der Waals surface area (Å²) in [7, 11) is 0. The SMILES string of the molecule is CCCC1(CC)CCCC2CCC2CC1. The molecule has 0 aromatic rings. The van der Waals surface area contributed by atoms with Crippen LogP contribution in [-0.2, 0) is 0 Å². The summed E-state index contributed by atoms with van der Waals surface area (Å²) >= 11 is 0. The minimum Gasteiger partial charge on any atom is -0.0654 e. The molecule has 0 aliphatic heterocycles. The van der Waals surface area contributed by atoms with Crippen molar-refractivity contribution in [2.75, 3.05) is 0 Å². The predicted molar refractivity (Wildman–Crippen MR) is 66.9 cm³/mol. The lowest BCUT2D eigenvalue weighted by molar-refractivity contribution is 0.0780. The van der Waals surface area contributed by atoms with Crippen molar-refractivity contribution in [3.8, 4) is 0 Å². The van der Waals surface area contributed by atoms with Crippen molar-refractivity contribution in [1.29, 1.82) is 0 Å². The van der Waals surface area contributed by atoms with Gasteiger partial charge < -0.3 is 0 Å². The summed E-state index contributed by atoms with van der Waals surface area (Å²) in [4.78, 5) is 0. The molecule has 2 saturated carbocycles. The Balaban J connectivity index is 1.94. The quantitative estimate of drug-likeness (QED) is 0.600. The maximum Gasteiger partial charge on any atom is -0.0300 e. The van der Waals surface area contributed by atoms with Gasteiger partial charge in [-0.15, -0.1) is 0 Å². The van der Waals surface area contributed by atoms with Crippen molar-refractivity contribution in [2.45, 2.75) is 78.1 Å². The van der Waals surface area contributed by atoms with Gasteiger partial charge in [-0.2, -0.15) is 0 Å². The Morgan fingerprint density at radius 2 is 1.67 bits per heavy atom. The molecule has 15 heavy (non-hydrogen) atoms. The van der Waals surface area contributed by atoms with Crippen molar-refractivity contribution in [3.05, 3.63) is 0 Å². The highest BCUT2D eigenvalue weighted by molar-refractivity contribution is 4.88. The molecule has 0 aromatic heterocycles. The lowest BCUT2D eigenvalue weighted by atomic mass is 9.62. The Bertz CT molecular complexity index is 196. The maximum absolute atomic E-state index is 2.43. The van der Waals surface area contributed by atoms with Gasteiger partial charge in [-0.3, -0.25) is 0 Å². The van der Waals surface area contributed by atoms with E-state index in [9.17, 15) is 0 Å². The second kappa shape index (κ2) is 4.89. The molecule has 0 bridgehead atoms. The smallest absolute Gasteiger partial charge is 0.0300 e. The molecule has 2 aliphatic rings. The van der Waals surface area contributed by atoms with Gasteiger partial charge in [-0.1, -0.05) is 39.5 Å². The van der Waals surface area contributed by atoms with E-state index in [-0.39, 0.29) is 0 Å². The Labute approximate surface area is 95.8 Å². The van der Waals surface area contributed by atoms with Gasteiger partial charge in [-0.25, -0.2) is 0 Å². The topological polar surface area (TPSA) is 0 Å². The molecule has 0 heteroatoms. The van der Waals surface area contributed by atoms with E-state index in [1.807, 2.05) is 0 Å². The molecule has 0 amide bonds. The minimum absolute atomic E-state index is 0.745. The number of hydrogen-bond acceptors (Lipinski definition) is 0. The van der Waals surface area contributed by atoms with Crippen molar-refractivity contribution in [1.82, 2.24) is 0 Å². The highest BCUT2D eigenvalue weighted by Crippen LogP contribution is 2.49. The van der Waals surface area contributed by atoms with Gasteiger partial charge in [0.05, 0.1) is 0 Å². The van der Waals surface area contributed by atoms with Crippen LogP contribution >= 0.6 is 0 Å². The first kappa shape index (κ1) is 11.5. The van der Waals surface area contributed by atoms with Crippen molar-refractivity contribution < 1.29 is 0 Å². The Hall–Kier alpha value is 0. The summed E-state index contributed by atoms with van der Waals surface area (Å²) in [6.07, 6.45) is 15.1. The number of rotatable bonds is 3. The van der Waals surface area contributed by atoms with Crippen LogP contribution < -0.4 is 0 Å². The van der Waals surface area contributed by atoms with Gasteiger partial charge in [0.1, 0.15) is 0 Å². The second-order valence-corrected chi connectivity index (χ2v) is 6.13. The fourth-order valence-corrected chi connectivity index (χ4v) is 4.06. The summed E-state index contributed by atoms with van der Waals surface area (Å²) in [6, 6.07) is 0. The third-order valence-corrected chi connectivity index (χ3v) is 5.43. The fraction of sp³-hybridized carbons (Fsp3) is 1.00. The van der Waals surface area contributed by atoms with Gasteiger partial charge in [0, 0.05) is 0 Å².